The summed E-state index contributed by atoms with van der Waals surface area (Å²) in [6.07, 6.45) is 1.08. The van der Waals surface area contributed by atoms with Gasteiger partial charge < -0.3 is 14.8 Å². The van der Waals surface area contributed by atoms with E-state index in [0.717, 1.165) is 4.68 Å². The van der Waals surface area contributed by atoms with Crippen LogP contribution in [0.1, 0.15) is 44.1 Å². The number of methoxy groups -OCH3 is 1. The molecule has 1 heterocycles. The van der Waals surface area contributed by atoms with E-state index in [0.29, 0.717) is 19.4 Å². The first-order chi connectivity index (χ1) is 12.3. The SMILES string of the molecule is CCCn1nc(C(=O)OCC(=O)NC(CC(C)C)C(=O)OC)ccc1=O. The number of nitrogens with one attached hydrogen (secondary N) is 1. The van der Waals surface area contributed by atoms with Gasteiger partial charge in [-0.05, 0) is 24.8 Å². The number of ether oxygens (including phenoxy) is 2. The molecule has 1 amide bonds. The lowest BCUT2D eigenvalue weighted by atomic mass is 10.0. The minimum atomic E-state index is -0.830. The summed E-state index contributed by atoms with van der Waals surface area (Å²) in [5.74, 6) is -1.86. The van der Waals surface area contributed by atoms with E-state index in [2.05, 4.69) is 15.2 Å². The Bertz CT molecular complexity index is 698. The number of hydrogen-bond donors (Lipinski definition) is 1. The molecule has 144 valence electrons. The van der Waals surface area contributed by atoms with E-state index in [1.54, 1.807) is 0 Å². The molecule has 9 nitrogen and oxygen atoms in total. The lowest BCUT2D eigenvalue weighted by Gasteiger charge is -2.18. The van der Waals surface area contributed by atoms with Crippen LogP contribution < -0.4 is 10.9 Å². The van der Waals surface area contributed by atoms with Gasteiger partial charge in [0, 0.05) is 12.6 Å². The van der Waals surface area contributed by atoms with Crippen molar-refractivity contribution in [3.8, 4) is 0 Å². The van der Waals surface area contributed by atoms with Crippen LogP contribution in [-0.2, 0) is 25.6 Å². The van der Waals surface area contributed by atoms with Gasteiger partial charge in [0.05, 0.1) is 7.11 Å². The third kappa shape index (κ3) is 6.66. The molecule has 1 rings (SSSR count). The molecule has 0 radical (unpaired) electrons. The second-order valence-electron chi connectivity index (χ2n) is 6.13. The van der Waals surface area contributed by atoms with E-state index < -0.39 is 30.5 Å². The number of hydrogen-bond acceptors (Lipinski definition) is 7. The molecule has 9 heteroatoms. The fourth-order valence-corrected chi connectivity index (χ4v) is 2.20. The quantitative estimate of drug-likeness (QED) is 0.632. The summed E-state index contributed by atoms with van der Waals surface area (Å²) in [6.45, 7) is 5.48. The standard InChI is InChI=1S/C17H25N3O6/c1-5-8-20-15(22)7-6-12(19-20)17(24)26-10-14(21)18-13(9-11(2)3)16(23)25-4/h6-7,11,13H,5,8-10H2,1-4H3,(H,18,21). The molecule has 0 fully saturated rings. The maximum Gasteiger partial charge on any atom is 0.359 e. The number of carbonyl (C=O) groups is 3. The monoisotopic (exact) mass is 367 g/mol. The van der Waals surface area contributed by atoms with Crippen LogP contribution in [0.3, 0.4) is 0 Å². The number of aromatic nitrogens is 2. The average molecular weight is 367 g/mol. The molecule has 1 aromatic heterocycles. The molecule has 0 aliphatic heterocycles. The van der Waals surface area contributed by atoms with Crippen molar-refractivity contribution in [1.82, 2.24) is 15.1 Å². The Hall–Kier alpha value is -2.71. The molecule has 1 atom stereocenters. The van der Waals surface area contributed by atoms with Gasteiger partial charge in [-0.1, -0.05) is 20.8 Å². The largest absolute Gasteiger partial charge is 0.467 e. The first kappa shape index (κ1) is 21.3. The van der Waals surface area contributed by atoms with Crippen molar-refractivity contribution in [1.29, 1.82) is 0 Å². The molecule has 0 saturated carbocycles. The van der Waals surface area contributed by atoms with Crippen LogP contribution in [0.5, 0.6) is 0 Å². The predicted octanol–water partition coefficient (Wildman–Crippen LogP) is 0.514. The fourth-order valence-electron chi connectivity index (χ4n) is 2.20. The van der Waals surface area contributed by atoms with Crippen LogP contribution in [0.25, 0.3) is 0 Å². The molecule has 0 aromatic carbocycles. The predicted molar refractivity (Wildman–Crippen MR) is 92.5 cm³/mol. The van der Waals surface area contributed by atoms with Crippen LogP contribution in [0.15, 0.2) is 16.9 Å². The fraction of sp³-hybridized carbons (Fsp3) is 0.588. The average Bonchev–Trinajstić information content (AvgIpc) is 2.60. The zero-order chi connectivity index (χ0) is 19.7. The molecule has 0 saturated heterocycles. The van der Waals surface area contributed by atoms with E-state index in [1.165, 1.54) is 19.2 Å². The minimum Gasteiger partial charge on any atom is -0.467 e. The summed E-state index contributed by atoms with van der Waals surface area (Å²) in [5, 5.41) is 6.39. The van der Waals surface area contributed by atoms with Gasteiger partial charge >= 0.3 is 11.9 Å². The summed E-state index contributed by atoms with van der Waals surface area (Å²) in [4.78, 5) is 47.2. The van der Waals surface area contributed by atoms with Crippen LogP contribution in [0.4, 0.5) is 0 Å². The third-order valence-electron chi connectivity index (χ3n) is 3.37. The van der Waals surface area contributed by atoms with Gasteiger partial charge in [-0.3, -0.25) is 9.59 Å². The summed E-state index contributed by atoms with van der Waals surface area (Å²) >= 11 is 0. The molecule has 1 N–H and O–H groups in total. The molecule has 0 aliphatic carbocycles. The molecule has 1 unspecified atom stereocenters. The minimum absolute atomic E-state index is 0.0717. The van der Waals surface area contributed by atoms with Crippen LogP contribution >= 0.6 is 0 Å². The first-order valence-electron chi connectivity index (χ1n) is 8.41. The van der Waals surface area contributed by atoms with Crippen molar-refractivity contribution < 1.29 is 23.9 Å². The third-order valence-corrected chi connectivity index (χ3v) is 3.37. The number of nitrogens with zero attached hydrogens (tertiary/aromatic N) is 2. The molecular formula is C17H25N3O6. The van der Waals surface area contributed by atoms with E-state index in [1.807, 2.05) is 20.8 Å². The summed E-state index contributed by atoms with van der Waals surface area (Å²) in [6, 6.07) is 1.65. The summed E-state index contributed by atoms with van der Waals surface area (Å²) in [7, 11) is 1.23. The van der Waals surface area contributed by atoms with Crippen molar-refractivity contribution in [2.75, 3.05) is 13.7 Å². The van der Waals surface area contributed by atoms with Crippen molar-refractivity contribution in [3.05, 3.63) is 28.2 Å². The van der Waals surface area contributed by atoms with Gasteiger partial charge in [-0.15, -0.1) is 0 Å². The van der Waals surface area contributed by atoms with Gasteiger partial charge in [-0.2, -0.15) is 5.10 Å². The van der Waals surface area contributed by atoms with Gasteiger partial charge in [0.2, 0.25) is 0 Å². The van der Waals surface area contributed by atoms with Crippen molar-refractivity contribution >= 4 is 17.8 Å². The van der Waals surface area contributed by atoms with Crippen molar-refractivity contribution in [2.45, 2.75) is 46.2 Å². The Morgan fingerprint density at radius 2 is 1.96 bits per heavy atom. The lowest BCUT2D eigenvalue weighted by Crippen LogP contribution is -2.44. The highest BCUT2D eigenvalue weighted by Gasteiger charge is 2.23. The van der Waals surface area contributed by atoms with Crippen molar-refractivity contribution in [3.63, 3.8) is 0 Å². The number of esters is 2. The molecule has 0 aliphatic rings. The normalized spacial score (nSPS) is 11.7. The van der Waals surface area contributed by atoms with Gasteiger partial charge in [0.1, 0.15) is 6.04 Å². The molecule has 0 spiro atoms. The smallest absolute Gasteiger partial charge is 0.359 e. The second kappa shape index (κ2) is 10.3. The van der Waals surface area contributed by atoms with Gasteiger partial charge in [0.25, 0.3) is 11.5 Å². The topological polar surface area (TPSA) is 117 Å². The number of aryl methyl sites for hydroxylation is 1. The maximum atomic E-state index is 12.0. The highest BCUT2D eigenvalue weighted by molar-refractivity contribution is 5.90. The molecule has 26 heavy (non-hydrogen) atoms. The van der Waals surface area contributed by atoms with E-state index in [4.69, 9.17) is 4.74 Å². The van der Waals surface area contributed by atoms with Gasteiger partial charge in [0.15, 0.2) is 12.3 Å². The summed E-state index contributed by atoms with van der Waals surface area (Å²) in [5.41, 5.74) is -0.395. The van der Waals surface area contributed by atoms with E-state index in [-0.39, 0.29) is 17.2 Å². The van der Waals surface area contributed by atoms with Crippen LogP contribution in [0, 0.1) is 5.92 Å². The highest BCUT2D eigenvalue weighted by Crippen LogP contribution is 2.06. The first-order valence-corrected chi connectivity index (χ1v) is 8.41. The lowest BCUT2D eigenvalue weighted by molar-refractivity contribution is -0.145. The Morgan fingerprint density at radius 1 is 1.27 bits per heavy atom. The van der Waals surface area contributed by atoms with Crippen molar-refractivity contribution in [2.24, 2.45) is 5.92 Å². The Balaban J connectivity index is 2.65. The molecule has 1 aromatic rings. The highest BCUT2D eigenvalue weighted by atomic mass is 16.5. The maximum absolute atomic E-state index is 12.0. The second-order valence-corrected chi connectivity index (χ2v) is 6.13. The van der Waals surface area contributed by atoms with Gasteiger partial charge in [-0.25, -0.2) is 14.3 Å². The number of amides is 1. The summed E-state index contributed by atoms with van der Waals surface area (Å²) < 4.78 is 10.7. The Kier molecular flexibility index (Phi) is 8.47. The van der Waals surface area contributed by atoms with Crippen LogP contribution in [-0.4, -0.2) is 47.4 Å². The van der Waals surface area contributed by atoms with E-state index >= 15 is 0 Å². The molecular weight excluding hydrogens is 342 g/mol. The zero-order valence-corrected chi connectivity index (χ0v) is 15.5. The Morgan fingerprint density at radius 3 is 2.54 bits per heavy atom. The number of rotatable bonds is 9. The van der Waals surface area contributed by atoms with E-state index in [9.17, 15) is 19.2 Å². The number of carbonyl (C=O) groups excluding carboxylic acids is 3. The van der Waals surface area contributed by atoms with Crippen LogP contribution in [0.2, 0.25) is 0 Å². The zero-order valence-electron chi connectivity index (χ0n) is 15.5. The molecule has 0 bridgehead atoms. The Labute approximate surface area is 151 Å².